The highest BCUT2D eigenvalue weighted by Gasteiger charge is 2.25. The standard InChI is InChI=1S/C10H20O/c1-8-5-3-4-6-10(8)9(2)7-11/h8-11H,3-7H2,1-2H3. The molecular weight excluding hydrogens is 136 g/mol. The van der Waals surface area contributed by atoms with E-state index in [9.17, 15) is 0 Å². The molecule has 0 bridgehead atoms. The largest absolute Gasteiger partial charge is 0.396 e. The average Bonchev–Trinajstić information content (AvgIpc) is 2.04. The highest BCUT2D eigenvalue weighted by atomic mass is 16.3. The van der Waals surface area contributed by atoms with Crippen LogP contribution in [0.25, 0.3) is 0 Å². The van der Waals surface area contributed by atoms with Crippen molar-refractivity contribution in [2.24, 2.45) is 17.8 Å². The van der Waals surface area contributed by atoms with E-state index in [4.69, 9.17) is 5.11 Å². The summed E-state index contributed by atoms with van der Waals surface area (Å²) in [5.41, 5.74) is 0. The monoisotopic (exact) mass is 156 g/mol. The fourth-order valence-corrected chi connectivity index (χ4v) is 2.33. The van der Waals surface area contributed by atoms with Crippen molar-refractivity contribution < 1.29 is 5.11 Å². The zero-order chi connectivity index (χ0) is 8.27. The molecule has 0 heterocycles. The Balaban J connectivity index is 2.40. The van der Waals surface area contributed by atoms with E-state index < -0.39 is 0 Å². The van der Waals surface area contributed by atoms with Crippen LogP contribution < -0.4 is 0 Å². The summed E-state index contributed by atoms with van der Waals surface area (Å²) in [7, 11) is 0. The molecule has 1 fully saturated rings. The highest BCUT2D eigenvalue weighted by molar-refractivity contribution is 4.75. The van der Waals surface area contributed by atoms with Gasteiger partial charge in [0.15, 0.2) is 0 Å². The molecule has 66 valence electrons. The second-order valence-corrected chi connectivity index (χ2v) is 4.09. The summed E-state index contributed by atoms with van der Waals surface area (Å²) in [6.07, 6.45) is 5.48. The maximum absolute atomic E-state index is 9.00. The van der Waals surface area contributed by atoms with Gasteiger partial charge < -0.3 is 5.11 Å². The summed E-state index contributed by atoms with van der Waals surface area (Å²) in [5, 5.41) is 9.00. The van der Waals surface area contributed by atoms with Crippen molar-refractivity contribution in [1.29, 1.82) is 0 Å². The van der Waals surface area contributed by atoms with E-state index in [1.165, 1.54) is 25.7 Å². The zero-order valence-electron chi connectivity index (χ0n) is 7.71. The first-order valence-electron chi connectivity index (χ1n) is 4.86. The summed E-state index contributed by atoms with van der Waals surface area (Å²) in [5.74, 6) is 2.14. The van der Waals surface area contributed by atoms with Crippen molar-refractivity contribution in [3.05, 3.63) is 0 Å². The summed E-state index contributed by atoms with van der Waals surface area (Å²) in [6, 6.07) is 0. The van der Waals surface area contributed by atoms with Gasteiger partial charge in [0, 0.05) is 6.61 Å². The van der Waals surface area contributed by atoms with Crippen molar-refractivity contribution in [2.75, 3.05) is 6.61 Å². The maximum Gasteiger partial charge on any atom is 0.0459 e. The molecule has 1 saturated carbocycles. The molecule has 0 aromatic heterocycles. The zero-order valence-corrected chi connectivity index (χ0v) is 7.71. The van der Waals surface area contributed by atoms with Gasteiger partial charge in [-0.2, -0.15) is 0 Å². The molecule has 0 amide bonds. The van der Waals surface area contributed by atoms with Gasteiger partial charge in [-0.25, -0.2) is 0 Å². The average molecular weight is 156 g/mol. The molecular formula is C10H20O. The molecule has 1 rings (SSSR count). The van der Waals surface area contributed by atoms with Crippen LogP contribution in [0, 0.1) is 17.8 Å². The predicted molar refractivity (Wildman–Crippen MR) is 47.4 cm³/mol. The highest BCUT2D eigenvalue weighted by Crippen LogP contribution is 2.34. The normalized spacial score (nSPS) is 35.2. The van der Waals surface area contributed by atoms with Gasteiger partial charge in [0.05, 0.1) is 0 Å². The van der Waals surface area contributed by atoms with Gasteiger partial charge >= 0.3 is 0 Å². The van der Waals surface area contributed by atoms with Gasteiger partial charge in [0.2, 0.25) is 0 Å². The number of hydrogen-bond acceptors (Lipinski definition) is 1. The Bertz CT molecular complexity index is 107. The minimum Gasteiger partial charge on any atom is -0.396 e. The Kier molecular flexibility index (Phi) is 3.38. The van der Waals surface area contributed by atoms with Crippen LogP contribution in [-0.2, 0) is 0 Å². The Morgan fingerprint density at radius 3 is 2.55 bits per heavy atom. The van der Waals surface area contributed by atoms with Crippen LogP contribution in [0.3, 0.4) is 0 Å². The first kappa shape index (κ1) is 9.05. The lowest BCUT2D eigenvalue weighted by molar-refractivity contribution is 0.122. The first-order chi connectivity index (χ1) is 5.25. The summed E-state index contributed by atoms with van der Waals surface area (Å²) < 4.78 is 0. The fourth-order valence-electron chi connectivity index (χ4n) is 2.33. The maximum atomic E-state index is 9.00. The van der Waals surface area contributed by atoms with Crippen LogP contribution in [0.5, 0.6) is 0 Å². The van der Waals surface area contributed by atoms with Gasteiger partial charge in [0.1, 0.15) is 0 Å². The fraction of sp³-hybridized carbons (Fsp3) is 1.00. The van der Waals surface area contributed by atoms with Gasteiger partial charge in [-0.1, -0.05) is 33.1 Å². The van der Waals surface area contributed by atoms with Crippen LogP contribution in [0.1, 0.15) is 39.5 Å². The van der Waals surface area contributed by atoms with Crippen molar-refractivity contribution in [1.82, 2.24) is 0 Å². The molecule has 1 heteroatoms. The van der Waals surface area contributed by atoms with E-state index in [-0.39, 0.29) is 0 Å². The minimum absolute atomic E-state index is 0.370. The molecule has 1 aliphatic rings. The smallest absolute Gasteiger partial charge is 0.0459 e. The third kappa shape index (κ3) is 2.19. The lowest BCUT2D eigenvalue weighted by atomic mass is 9.74. The predicted octanol–water partition coefficient (Wildman–Crippen LogP) is 2.44. The number of aliphatic hydroxyl groups excluding tert-OH is 1. The molecule has 0 aromatic carbocycles. The van der Waals surface area contributed by atoms with Gasteiger partial charge in [0.25, 0.3) is 0 Å². The molecule has 1 aliphatic carbocycles. The molecule has 11 heavy (non-hydrogen) atoms. The van der Waals surface area contributed by atoms with Crippen molar-refractivity contribution in [3.63, 3.8) is 0 Å². The molecule has 0 aromatic rings. The van der Waals surface area contributed by atoms with E-state index in [2.05, 4.69) is 13.8 Å². The molecule has 1 nitrogen and oxygen atoms in total. The van der Waals surface area contributed by atoms with Crippen LogP contribution in [0.15, 0.2) is 0 Å². The van der Waals surface area contributed by atoms with E-state index in [1.54, 1.807) is 0 Å². The molecule has 3 unspecified atom stereocenters. The summed E-state index contributed by atoms with van der Waals surface area (Å²) >= 11 is 0. The SMILES string of the molecule is CC(CO)C1CCCCC1C. The van der Waals surface area contributed by atoms with Crippen LogP contribution >= 0.6 is 0 Å². The third-order valence-corrected chi connectivity index (χ3v) is 3.20. The number of rotatable bonds is 2. The van der Waals surface area contributed by atoms with Crippen molar-refractivity contribution in [3.8, 4) is 0 Å². The second kappa shape index (κ2) is 4.10. The first-order valence-corrected chi connectivity index (χ1v) is 4.86. The van der Waals surface area contributed by atoms with Crippen molar-refractivity contribution in [2.45, 2.75) is 39.5 Å². The van der Waals surface area contributed by atoms with Gasteiger partial charge in [-0.15, -0.1) is 0 Å². The Labute approximate surface area is 69.8 Å². The van der Waals surface area contributed by atoms with Gasteiger partial charge in [-0.3, -0.25) is 0 Å². The van der Waals surface area contributed by atoms with E-state index in [0.717, 1.165) is 11.8 Å². The number of aliphatic hydroxyl groups is 1. The molecule has 3 atom stereocenters. The lowest BCUT2D eigenvalue weighted by Gasteiger charge is -2.32. The molecule has 0 radical (unpaired) electrons. The lowest BCUT2D eigenvalue weighted by Crippen LogP contribution is -2.25. The van der Waals surface area contributed by atoms with Crippen molar-refractivity contribution >= 4 is 0 Å². The Hall–Kier alpha value is -0.0400. The Morgan fingerprint density at radius 2 is 2.00 bits per heavy atom. The van der Waals surface area contributed by atoms with E-state index in [0.29, 0.717) is 12.5 Å². The van der Waals surface area contributed by atoms with E-state index >= 15 is 0 Å². The van der Waals surface area contributed by atoms with E-state index in [1.807, 2.05) is 0 Å². The third-order valence-electron chi connectivity index (χ3n) is 3.20. The quantitative estimate of drug-likeness (QED) is 0.651. The second-order valence-electron chi connectivity index (χ2n) is 4.09. The van der Waals surface area contributed by atoms with Crippen LogP contribution in [0.4, 0.5) is 0 Å². The molecule has 0 aliphatic heterocycles. The molecule has 0 spiro atoms. The number of hydrogen-bond donors (Lipinski definition) is 1. The molecule has 1 N–H and O–H groups in total. The van der Waals surface area contributed by atoms with Gasteiger partial charge in [-0.05, 0) is 24.2 Å². The van der Waals surface area contributed by atoms with Crippen LogP contribution in [0.2, 0.25) is 0 Å². The van der Waals surface area contributed by atoms with Crippen LogP contribution in [-0.4, -0.2) is 11.7 Å². The minimum atomic E-state index is 0.370. The summed E-state index contributed by atoms with van der Waals surface area (Å²) in [4.78, 5) is 0. The topological polar surface area (TPSA) is 20.2 Å². The molecule has 0 saturated heterocycles. The Morgan fingerprint density at radius 1 is 1.36 bits per heavy atom. The summed E-state index contributed by atoms with van der Waals surface area (Å²) in [6.45, 7) is 4.87.